The number of aromatic nitrogens is 4. The fraction of sp³-hybridized carbons (Fsp3) is 0.261. The van der Waals surface area contributed by atoms with Crippen LogP contribution in [0.2, 0.25) is 0 Å². The predicted molar refractivity (Wildman–Crippen MR) is 131 cm³/mol. The fourth-order valence-electron chi connectivity index (χ4n) is 3.64. The minimum Gasteiger partial charge on any atom is -0.354 e. The third-order valence-corrected chi connectivity index (χ3v) is 6.62. The topological polar surface area (TPSA) is 99.2 Å². The summed E-state index contributed by atoms with van der Waals surface area (Å²) < 4.78 is 15.6. The van der Waals surface area contributed by atoms with Crippen molar-refractivity contribution in [1.82, 2.24) is 30.2 Å². The molecule has 2 N–H and O–H groups in total. The van der Waals surface area contributed by atoms with Crippen LogP contribution in [0.5, 0.6) is 0 Å². The van der Waals surface area contributed by atoms with Crippen LogP contribution in [-0.4, -0.2) is 71.0 Å². The van der Waals surface area contributed by atoms with Gasteiger partial charge in [0.1, 0.15) is 11.5 Å². The number of anilines is 3. The Morgan fingerprint density at radius 2 is 1.94 bits per heavy atom. The van der Waals surface area contributed by atoms with Crippen LogP contribution < -0.4 is 15.5 Å². The minimum absolute atomic E-state index is 0.0447. The summed E-state index contributed by atoms with van der Waals surface area (Å²) in [7, 11) is 3.87. The number of carbonyl (C=O) groups excluding carboxylic acids is 1. The number of hydrogen-bond acceptors (Lipinski definition) is 9. The standard InChI is InChI=1S/C23H23FN8OS/c1-31(2)23-28-17-5-3-14(11-18(17)34-23)20-16(24)13-27-22(30-20)29-19-6-4-15(12-26-19)21(33)32-9-7-25-8-10-32/h3-6,11-13,25H,7-10H2,1-2H3,(H,26,27,29,30). The lowest BCUT2D eigenvalue weighted by Crippen LogP contribution is -2.46. The van der Waals surface area contributed by atoms with Crippen LogP contribution in [0.1, 0.15) is 10.4 Å². The summed E-state index contributed by atoms with van der Waals surface area (Å²) in [5.41, 5.74) is 2.19. The summed E-state index contributed by atoms with van der Waals surface area (Å²) in [5, 5.41) is 7.10. The normalized spacial score (nSPS) is 13.8. The first kappa shape index (κ1) is 22.1. The van der Waals surface area contributed by atoms with E-state index in [9.17, 15) is 9.18 Å². The summed E-state index contributed by atoms with van der Waals surface area (Å²) in [4.78, 5) is 33.6. The average Bonchev–Trinajstić information content (AvgIpc) is 3.30. The molecule has 0 atom stereocenters. The van der Waals surface area contributed by atoms with Gasteiger partial charge in [-0.3, -0.25) is 4.79 Å². The van der Waals surface area contributed by atoms with Crippen LogP contribution in [0, 0.1) is 5.82 Å². The monoisotopic (exact) mass is 478 g/mol. The van der Waals surface area contributed by atoms with Crippen molar-refractivity contribution in [3.05, 3.63) is 54.1 Å². The number of halogens is 1. The van der Waals surface area contributed by atoms with Crippen LogP contribution in [0.4, 0.5) is 21.3 Å². The molecular weight excluding hydrogens is 455 g/mol. The highest BCUT2D eigenvalue weighted by molar-refractivity contribution is 7.22. The second-order valence-corrected chi connectivity index (χ2v) is 9.07. The Kier molecular flexibility index (Phi) is 6.03. The van der Waals surface area contributed by atoms with Crippen molar-refractivity contribution in [1.29, 1.82) is 0 Å². The van der Waals surface area contributed by atoms with Gasteiger partial charge >= 0.3 is 0 Å². The van der Waals surface area contributed by atoms with Crippen molar-refractivity contribution in [2.45, 2.75) is 0 Å². The Hall–Kier alpha value is -3.70. The number of hydrogen-bond donors (Lipinski definition) is 2. The van der Waals surface area contributed by atoms with Gasteiger partial charge in [-0.2, -0.15) is 0 Å². The zero-order valence-corrected chi connectivity index (χ0v) is 19.6. The van der Waals surface area contributed by atoms with E-state index in [0.29, 0.717) is 30.0 Å². The molecule has 1 fully saturated rings. The number of amides is 1. The van der Waals surface area contributed by atoms with Crippen LogP contribution in [0.15, 0.2) is 42.7 Å². The summed E-state index contributed by atoms with van der Waals surface area (Å²) in [6, 6.07) is 8.94. The van der Waals surface area contributed by atoms with E-state index in [1.54, 1.807) is 23.1 Å². The molecule has 1 aliphatic heterocycles. The minimum atomic E-state index is -0.521. The maximum atomic E-state index is 14.6. The molecule has 1 aromatic carbocycles. The lowest BCUT2D eigenvalue weighted by atomic mass is 10.1. The van der Waals surface area contributed by atoms with Crippen LogP contribution in [-0.2, 0) is 0 Å². The van der Waals surface area contributed by atoms with Gasteiger partial charge in [0, 0.05) is 52.0 Å². The van der Waals surface area contributed by atoms with Crippen LogP contribution in [0.3, 0.4) is 0 Å². The first-order valence-corrected chi connectivity index (χ1v) is 11.6. The van der Waals surface area contributed by atoms with Crippen LogP contribution in [0.25, 0.3) is 21.5 Å². The number of fused-ring (bicyclic) bond motifs is 1. The molecule has 0 saturated carbocycles. The third-order valence-electron chi connectivity index (χ3n) is 5.43. The quantitative estimate of drug-likeness (QED) is 0.451. The Morgan fingerprint density at radius 1 is 1.12 bits per heavy atom. The molecule has 9 nitrogen and oxygen atoms in total. The molecule has 4 aromatic rings. The number of piperazine rings is 1. The summed E-state index contributed by atoms with van der Waals surface area (Å²) >= 11 is 1.53. The predicted octanol–water partition coefficient (Wildman–Crippen LogP) is 3.14. The molecule has 1 amide bonds. The van der Waals surface area contributed by atoms with E-state index in [-0.39, 0.29) is 17.5 Å². The first-order chi connectivity index (χ1) is 16.5. The van der Waals surface area contributed by atoms with Crippen molar-refractivity contribution in [2.24, 2.45) is 0 Å². The van der Waals surface area contributed by atoms with Gasteiger partial charge in [0.2, 0.25) is 5.95 Å². The van der Waals surface area contributed by atoms with Gasteiger partial charge in [0.25, 0.3) is 5.91 Å². The van der Waals surface area contributed by atoms with Crippen LogP contribution >= 0.6 is 11.3 Å². The Morgan fingerprint density at radius 3 is 2.68 bits per heavy atom. The Bertz CT molecular complexity index is 1330. The Balaban J connectivity index is 1.35. The average molecular weight is 479 g/mol. The SMILES string of the molecule is CN(C)c1nc2ccc(-c3nc(Nc4ccc(C(=O)N5CCNCC5)cn4)ncc3F)cc2s1. The molecule has 34 heavy (non-hydrogen) atoms. The largest absolute Gasteiger partial charge is 0.354 e. The molecule has 0 aliphatic carbocycles. The van der Waals surface area contributed by atoms with Crippen molar-refractivity contribution in [2.75, 3.05) is 50.5 Å². The summed E-state index contributed by atoms with van der Waals surface area (Å²) in [5.74, 6) is 0.107. The number of nitrogens with one attached hydrogen (secondary N) is 2. The van der Waals surface area contributed by atoms with Gasteiger partial charge in [-0.05, 0) is 24.3 Å². The van der Waals surface area contributed by atoms with Gasteiger partial charge in [-0.15, -0.1) is 0 Å². The van der Waals surface area contributed by atoms with E-state index in [1.165, 1.54) is 17.5 Å². The highest BCUT2D eigenvalue weighted by Gasteiger charge is 2.18. The molecule has 1 saturated heterocycles. The first-order valence-electron chi connectivity index (χ1n) is 10.8. The highest BCUT2D eigenvalue weighted by Crippen LogP contribution is 2.32. The van der Waals surface area contributed by atoms with Crippen molar-refractivity contribution < 1.29 is 9.18 Å². The molecule has 0 radical (unpaired) electrons. The van der Waals surface area contributed by atoms with Crippen molar-refractivity contribution >= 4 is 44.4 Å². The summed E-state index contributed by atoms with van der Waals surface area (Å²) in [6.45, 7) is 2.93. The molecule has 1 aliphatic rings. The number of rotatable bonds is 5. The Labute approximate surface area is 199 Å². The van der Waals surface area contributed by atoms with E-state index in [0.717, 1.165) is 34.6 Å². The summed E-state index contributed by atoms with van der Waals surface area (Å²) in [6.07, 6.45) is 2.66. The molecule has 4 heterocycles. The number of nitrogens with zero attached hydrogens (tertiary/aromatic N) is 6. The lowest BCUT2D eigenvalue weighted by Gasteiger charge is -2.27. The van der Waals surface area contributed by atoms with Crippen molar-refractivity contribution in [3.8, 4) is 11.3 Å². The highest BCUT2D eigenvalue weighted by atomic mass is 32.1. The molecule has 5 rings (SSSR count). The molecule has 0 spiro atoms. The molecule has 174 valence electrons. The molecule has 3 aromatic heterocycles. The number of benzene rings is 1. The molecule has 0 bridgehead atoms. The van der Waals surface area contributed by atoms with Gasteiger partial charge in [-0.25, -0.2) is 24.3 Å². The fourth-order valence-corrected chi connectivity index (χ4v) is 4.57. The smallest absolute Gasteiger partial charge is 0.255 e. The van der Waals surface area contributed by atoms with Gasteiger partial charge < -0.3 is 20.4 Å². The van der Waals surface area contributed by atoms with Gasteiger partial charge in [0.15, 0.2) is 10.9 Å². The zero-order chi connectivity index (χ0) is 23.7. The van der Waals surface area contributed by atoms with Gasteiger partial charge in [-0.1, -0.05) is 17.4 Å². The molecule has 0 unspecified atom stereocenters. The number of thiazole rings is 1. The zero-order valence-electron chi connectivity index (χ0n) is 18.7. The second kappa shape index (κ2) is 9.27. The van der Waals surface area contributed by atoms with E-state index in [4.69, 9.17) is 0 Å². The maximum absolute atomic E-state index is 14.6. The van der Waals surface area contributed by atoms with E-state index in [1.807, 2.05) is 31.1 Å². The molecular formula is C23H23FN8OS. The number of pyridine rings is 1. The van der Waals surface area contributed by atoms with E-state index >= 15 is 0 Å². The van der Waals surface area contributed by atoms with E-state index < -0.39 is 5.82 Å². The lowest BCUT2D eigenvalue weighted by molar-refractivity contribution is 0.0735. The molecule has 11 heteroatoms. The van der Waals surface area contributed by atoms with Crippen molar-refractivity contribution in [3.63, 3.8) is 0 Å². The maximum Gasteiger partial charge on any atom is 0.255 e. The second-order valence-electron chi connectivity index (χ2n) is 8.06. The van der Waals surface area contributed by atoms with Gasteiger partial charge in [0.05, 0.1) is 22.0 Å². The van der Waals surface area contributed by atoms with E-state index in [2.05, 4.69) is 30.6 Å². The third kappa shape index (κ3) is 4.52. The number of carbonyl (C=O) groups is 1.